The van der Waals surface area contributed by atoms with E-state index in [0.29, 0.717) is 19.4 Å². The van der Waals surface area contributed by atoms with Crippen molar-refractivity contribution in [3.05, 3.63) is 10.4 Å². The lowest BCUT2D eigenvalue weighted by Crippen LogP contribution is -2.43. The average Bonchev–Trinajstić information content (AvgIpc) is 2.73. The second kappa shape index (κ2) is 15.8. The molecule has 0 aromatic heterocycles. The van der Waals surface area contributed by atoms with E-state index in [1.54, 1.807) is 20.8 Å². The van der Waals surface area contributed by atoms with E-state index in [-0.39, 0.29) is 6.42 Å². The predicted molar refractivity (Wildman–Crippen MR) is 126 cm³/mol. The minimum atomic E-state index is -1.12. The number of unbranched alkanes of at least 4 members (excludes halogenated alkanes) is 1. The zero-order valence-electron chi connectivity index (χ0n) is 20.1. The van der Waals surface area contributed by atoms with Crippen LogP contribution in [0.5, 0.6) is 0 Å². The molecule has 0 bridgehead atoms. The molecule has 0 aliphatic heterocycles. The van der Waals surface area contributed by atoms with E-state index in [2.05, 4.69) is 20.7 Å². The van der Waals surface area contributed by atoms with Crippen LogP contribution in [0.15, 0.2) is 5.11 Å². The van der Waals surface area contributed by atoms with E-state index >= 15 is 0 Å². The van der Waals surface area contributed by atoms with Crippen LogP contribution >= 0.6 is 0 Å². The highest BCUT2D eigenvalue weighted by Crippen LogP contribution is 2.22. The van der Waals surface area contributed by atoms with Crippen molar-refractivity contribution in [1.29, 1.82) is 0 Å². The highest BCUT2D eigenvalue weighted by molar-refractivity contribution is 5.79. The summed E-state index contributed by atoms with van der Waals surface area (Å²) in [7, 11) is 0. The van der Waals surface area contributed by atoms with Crippen molar-refractivity contribution in [3.63, 3.8) is 0 Å². The number of amides is 1. The molecule has 0 heterocycles. The van der Waals surface area contributed by atoms with Crippen LogP contribution in [0, 0.1) is 0 Å². The molecule has 0 spiro atoms. The van der Waals surface area contributed by atoms with Gasteiger partial charge in [-0.2, -0.15) is 0 Å². The highest BCUT2D eigenvalue weighted by atomic mass is 16.6. The van der Waals surface area contributed by atoms with E-state index < -0.39 is 23.7 Å². The van der Waals surface area contributed by atoms with Gasteiger partial charge in [-0.15, -0.1) is 0 Å². The molecule has 0 radical (unpaired) electrons. The van der Waals surface area contributed by atoms with Crippen LogP contribution in [0.4, 0.5) is 4.79 Å². The number of nitrogens with zero attached hydrogens (tertiary/aromatic N) is 3. The molecule has 2 aliphatic rings. The fraction of sp³-hybridized carbons (Fsp3) is 0.913. The Hall–Kier alpha value is -1.99. The Bertz CT molecular complexity index is 574. The van der Waals surface area contributed by atoms with Gasteiger partial charge >= 0.3 is 12.1 Å². The molecule has 1 amide bonds. The second-order valence-electron chi connectivity index (χ2n) is 9.82. The normalized spacial score (nSPS) is 18.5. The minimum Gasteiger partial charge on any atom is -0.480 e. The summed E-state index contributed by atoms with van der Waals surface area (Å²) in [5.74, 6) is -1.12. The van der Waals surface area contributed by atoms with Crippen LogP contribution in [0.2, 0.25) is 0 Å². The lowest BCUT2D eigenvalue weighted by Gasteiger charge is -2.30. The van der Waals surface area contributed by atoms with E-state index in [0.717, 1.165) is 12.1 Å². The van der Waals surface area contributed by atoms with E-state index in [1.807, 2.05) is 0 Å². The van der Waals surface area contributed by atoms with E-state index in [4.69, 9.17) is 15.4 Å². The SMILES string of the molecule is C1CCC(NC2CCCCC2)CC1.CC(C)(C)OC(=O)NC(CCCCN=[N+]=[N-])C(=O)O. The van der Waals surface area contributed by atoms with E-state index in [9.17, 15) is 9.59 Å². The Labute approximate surface area is 192 Å². The van der Waals surface area contributed by atoms with Crippen LogP contribution in [-0.4, -0.2) is 47.4 Å². The first-order valence-corrected chi connectivity index (χ1v) is 12.2. The Balaban J connectivity index is 0.000000339. The third kappa shape index (κ3) is 14.1. The molecule has 32 heavy (non-hydrogen) atoms. The minimum absolute atomic E-state index is 0.259. The molecule has 9 heteroatoms. The summed E-state index contributed by atoms with van der Waals surface area (Å²) in [5.41, 5.74) is 7.41. The lowest BCUT2D eigenvalue weighted by atomic mass is 9.91. The average molecular weight is 454 g/mol. The molecule has 2 rings (SSSR count). The molecular formula is C23H43N5O4. The lowest BCUT2D eigenvalue weighted by molar-refractivity contribution is -0.139. The van der Waals surface area contributed by atoms with Crippen LogP contribution in [0.1, 0.15) is 104 Å². The van der Waals surface area contributed by atoms with Gasteiger partial charge in [-0.1, -0.05) is 50.1 Å². The van der Waals surface area contributed by atoms with Gasteiger partial charge in [0.05, 0.1) is 0 Å². The topological polar surface area (TPSA) is 136 Å². The number of alkyl carbamates (subject to hydrolysis) is 1. The molecule has 184 valence electrons. The Morgan fingerprint density at radius 2 is 1.56 bits per heavy atom. The largest absolute Gasteiger partial charge is 0.480 e. The van der Waals surface area contributed by atoms with Crippen molar-refractivity contribution in [3.8, 4) is 0 Å². The fourth-order valence-electron chi connectivity index (χ4n) is 4.15. The van der Waals surface area contributed by atoms with Crippen LogP contribution in [-0.2, 0) is 9.53 Å². The van der Waals surface area contributed by atoms with Crippen molar-refractivity contribution < 1.29 is 19.4 Å². The Kier molecular flexibility index (Phi) is 13.8. The molecule has 1 atom stereocenters. The summed E-state index contributed by atoms with van der Waals surface area (Å²) in [6.07, 6.45) is 15.2. The second-order valence-corrected chi connectivity index (χ2v) is 9.82. The number of carbonyl (C=O) groups excluding carboxylic acids is 1. The molecule has 0 aromatic rings. The van der Waals surface area contributed by atoms with Gasteiger partial charge in [0.25, 0.3) is 0 Å². The van der Waals surface area contributed by atoms with Crippen molar-refractivity contribution in [2.75, 3.05) is 6.54 Å². The first kappa shape index (κ1) is 28.0. The smallest absolute Gasteiger partial charge is 0.408 e. The maximum Gasteiger partial charge on any atom is 0.408 e. The van der Waals surface area contributed by atoms with Gasteiger partial charge in [0.2, 0.25) is 0 Å². The van der Waals surface area contributed by atoms with Crippen molar-refractivity contribution in [2.24, 2.45) is 5.11 Å². The van der Waals surface area contributed by atoms with Crippen molar-refractivity contribution in [2.45, 2.75) is 128 Å². The van der Waals surface area contributed by atoms with Gasteiger partial charge in [0.15, 0.2) is 0 Å². The van der Waals surface area contributed by atoms with Gasteiger partial charge in [0.1, 0.15) is 11.6 Å². The van der Waals surface area contributed by atoms with Crippen LogP contribution in [0.3, 0.4) is 0 Å². The molecule has 2 saturated carbocycles. The first-order valence-electron chi connectivity index (χ1n) is 12.2. The predicted octanol–water partition coefficient (Wildman–Crippen LogP) is 5.69. The number of hydrogen-bond acceptors (Lipinski definition) is 5. The number of rotatable bonds is 9. The van der Waals surface area contributed by atoms with Gasteiger partial charge in [0, 0.05) is 23.5 Å². The molecule has 2 aliphatic carbocycles. The summed E-state index contributed by atoms with van der Waals surface area (Å²) >= 11 is 0. The third-order valence-corrected chi connectivity index (χ3v) is 5.73. The maximum atomic E-state index is 11.4. The molecule has 2 fully saturated rings. The zero-order chi connectivity index (χ0) is 23.8. The quantitative estimate of drug-likeness (QED) is 0.178. The van der Waals surface area contributed by atoms with Gasteiger partial charge in [-0.05, 0) is 64.8 Å². The molecule has 0 saturated heterocycles. The van der Waals surface area contributed by atoms with Crippen LogP contribution < -0.4 is 10.6 Å². The van der Waals surface area contributed by atoms with Gasteiger partial charge < -0.3 is 20.5 Å². The zero-order valence-corrected chi connectivity index (χ0v) is 20.1. The number of hydrogen-bond donors (Lipinski definition) is 3. The van der Waals surface area contributed by atoms with E-state index in [1.165, 1.54) is 64.2 Å². The third-order valence-electron chi connectivity index (χ3n) is 5.73. The number of ether oxygens (including phenoxy) is 1. The number of carbonyl (C=O) groups is 2. The molecule has 3 N–H and O–H groups in total. The monoisotopic (exact) mass is 453 g/mol. The summed E-state index contributed by atoms with van der Waals surface area (Å²) in [6, 6.07) is 0.745. The summed E-state index contributed by atoms with van der Waals surface area (Å²) in [4.78, 5) is 25.0. The summed E-state index contributed by atoms with van der Waals surface area (Å²) < 4.78 is 4.98. The number of nitrogens with one attached hydrogen (secondary N) is 2. The number of carboxylic acid groups (broad SMARTS) is 1. The summed E-state index contributed by atoms with van der Waals surface area (Å²) in [6.45, 7) is 5.40. The fourth-order valence-corrected chi connectivity index (χ4v) is 4.15. The van der Waals surface area contributed by atoms with Crippen LogP contribution in [0.25, 0.3) is 10.4 Å². The number of carboxylic acids is 1. The summed E-state index contributed by atoms with van der Waals surface area (Å²) in [5, 5.41) is 18.5. The molecular weight excluding hydrogens is 410 g/mol. The molecule has 1 unspecified atom stereocenters. The van der Waals surface area contributed by atoms with Gasteiger partial charge in [-0.3, -0.25) is 0 Å². The van der Waals surface area contributed by atoms with Crippen molar-refractivity contribution in [1.82, 2.24) is 10.6 Å². The molecule has 0 aromatic carbocycles. The Morgan fingerprint density at radius 1 is 1.03 bits per heavy atom. The highest BCUT2D eigenvalue weighted by Gasteiger charge is 2.23. The maximum absolute atomic E-state index is 11.4. The van der Waals surface area contributed by atoms with Gasteiger partial charge in [-0.25, -0.2) is 9.59 Å². The number of aliphatic carboxylic acids is 1. The number of azide groups is 1. The molecule has 9 nitrogen and oxygen atoms in total. The Morgan fingerprint density at radius 3 is 2.00 bits per heavy atom. The van der Waals surface area contributed by atoms with Crippen molar-refractivity contribution >= 4 is 12.1 Å². The standard InChI is InChI=1S/C12H23N.C11H20N4O4/c1-3-7-11(8-4-1)13-12-9-5-2-6-10-12;1-11(2,3)19-10(18)14-8(9(16)17)6-4-5-7-13-15-12/h11-13H,1-10H2;8H,4-7H2,1-3H3,(H,14,18)(H,16,17). The first-order chi connectivity index (χ1) is 15.2.